The van der Waals surface area contributed by atoms with E-state index in [1.54, 1.807) is 6.07 Å². The number of piperazine rings is 1. The molecule has 1 unspecified atom stereocenters. The molecule has 0 aliphatic carbocycles. The summed E-state index contributed by atoms with van der Waals surface area (Å²) in [5, 5.41) is 0. The molecule has 0 amide bonds. The Morgan fingerprint density at radius 1 is 1.06 bits per heavy atom. The van der Waals surface area contributed by atoms with Crippen LogP contribution in [0.5, 0.6) is 5.75 Å². The third-order valence-electron chi connectivity index (χ3n) is 6.00. The minimum Gasteiger partial charge on any atom is -0.495 e. The number of nitrogens with one attached hydrogen (secondary N) is 1. The minimum absolute atomic E-state index is 0.0936. The van der Waals surface area contributed by atoms with Crippen LogP contribution in [0, 0.1) is 5.82 Å². The Labute approximate surface area is 199 Å². The van der Waals surface area contributed by atoms with E-state index in [1.807, 2.05) is 4.90 Å². The SMILES string of the molecule is COc1ccc(S(=O)(=O)NCC2CCCO2)cc1N1CCN(S(=O)(=O)c2cccc(F)c2)CC1. The molecule has 0 spiro atoms. The summed E-state index contributed by atoms with van der Waals surface area (Å²) >= 11 is 0. The first-order valence-electron chi connectivity index (χ1n) is 11.0. The lowest BCUT2D eigenvalue weighted by atomic mass is 10.2. The summed E-state index contributed by atoms with van der Waals surface area (Å²) < 4.78 is 79.8. The Kier molecular flexibility index (Phi) is 7.43. The maximum Gasteiger partial charge on any atom is 0.243 e. The summed E-state index contributed by atoms with van der Waals surface area (Å²) in [4.78, 5) is 1.88. The van der Waals surface area contributed by atoms with Crippen LogP contribution >= 0.6 is 0 Å². The lowest BCUT2D eigenvalue weighted by Crippen LogP contribution is -2.48. The lowest BCUT2D eigenvalue weighted by Gasteiger charge is -2.36. The van der Waals surface area contributed by atoms with Crippen molar-refractivity contribution in [3.05, 3.63) is 48.3 Å². The molecule has 9 nitrogen and oxygen atoms in total. The quantitative estimate of drug-likeness (QED) is 0.574. The van der Waals surface area contributed by atoms with E-state index in [-0.39, 0.29) is 35.5 Å². The number of nitrogens with zero attached hydrogens (tertiary/aromatic N) is 2. The van der Waals surface area contributed by atoms with Crippen molar-refractivity contribution in [3.63, 3.8) is 0 Å². The van der Waals surface area contributed by atoms with E-state index in [2.05, 4.69) is 4.72 Å². The summed E-state index contributed by atoms with van der Waals surface area (Å²) in [5.74, 6) is -0.130. The number of sulfonamides is 2. The van der Waals surface area contributed by atoms with Crippen LogP contribution in [0.4, 0.5) is 10.1 Å². The van der Waals surface area contributed by atoms with Gasteiger partial charge in [-0.05, 0) is 49.2 Å². The molecule has 34 heavy (non-hydrogen) atoms. The highest BCUT2D eigenvalue weighted by molar-refractivity contribution is 7.89. The topological polar surface area (TPSA) is 105 Å². The second-order valence-electron chi connectivity index (χ2n) is 8.17. The van der Waals surface area contributed by atoms with Gasteiger partial charge < -0.3 is 14.4 Å². The maximum atomic E-state index is 13.5. The van der Waals surface area contributed by atoms with Crippen LogP contribution in [0.1, 0.15) is 12.8 Å². The van der Waals surface area contributed by atoms with Gasteiger partial charge >= 0.3 is 0 Å². The molecule has 2 aliphatic rings. The molecule has 0 bridgehead atoms. The number of methoxy groups -OCH3 is 1. The van der Waals surface area contributed by atoms with Gasteiger partial charge in [0.1, 0.15) is 11.6 Å². The number of benzene rings is 2. The highest BCUT2D eigenvalue weighted by Crippen LogP contribution is 2.32. The summed E-state index contributed by atoms with van der Waals surface area (Å²) in [5.41, 5.74) is 0.560. The highest BCUT2D eigenvalue weighted by Gasteiger charge is 2.30. The van der Waals surface area contributed by atoms with Crippen molar-refractivity contribution in [1.82, 2.24) is 9.03 Å². The molecule has 2 aromatic rings. The zero-order valence-corrected chi connectivity index (χ0v) is 20.4. The minimum atomic E-state index is -3.84. The number of anilines is 1. The fourth-order valence-corrected chi connectivity index (χ4v) is 6.66. The molecule has 4 rings (SSSR count). The van der Waals surface area contributed by atoms with Gasteiger partial charge in [-0.25, -0.2) is 25.9 Å². The average Bonchev–Trinajstić information content (AvgIpc) is 3.36. The van der Waals surface area contributed by atoms with Gasteiger partial charge in [-0.3, -0.25) is 0 Å². The van der Waals surface area contributed by atoms with E-state index in [1.165, 1.54) is 41.7 Å². The molecule has 2 fully saturated rings. The van der Waals surface area contributed by atoms with E-state index in [0.29, 0.717) is 31.1 Å². The Morgan fingerprint density at radius 2 is 1.82 bits per heavy atom. The van der Waals surface area contributed by atoms with Crippen molar-refractivity contribution >= 4 is 25.7 Å². The third kappa shape index (κ3) is 5.36. The van der Waals surface area contributed by atoms with Crippen LogP contribution < -0.4 is 14.4 Å². The van der Waals surface area contributed by atoms with Gasteiger partial charge in [-0.2, -0.15) is 4.31 Å². The third-order valence-corrected chi connectivity index (χ3v) is 9.31. The molecule has 0 saturated carbocycles. The smallest absolute Gasteiger partial charge is 0.243 e. The second-order valence-corrected chi connectivity index (χ2v) is 11.9. The summed E-state index contributed by atoms with van der Waals surface area (Å²) in [6.45, 7) is 1.81. The van der Waals surface area contributed by atoms with Crippen LogP contribution in [0.25, 0.3) is 0 Å². The molecule has 186 valence electrons. The molecule has 2 aliphatic heterocycles. The van der Waals surface area contributed by atoms with E-state index < -0.39 is 25.9 Å². The fraction of sp³-hybridized carbons (Fsp3) is 0.455. The van der Waals surface area contributed by atoms with Gasteiger partial charge in [0.05, 0.1) is 28.7 Å². The van der Waals surface area contributed by atoms with E-state index in [9.17, 15) is 21.2 Å². The number of hydrogen-bond acceptors (Lipinski definition) is 7. The number of halogens is 1. The predicted molar refractivity (Wildman–Crippen MR) is 125 cm³/mol. The van der Waals surface area contributed by atoms with Gasteiger partial charge in [0, 0.05) is 39.3 Å². The van der Waals surface area contributed by atoms with E-state index in [0.717, 1.165) is 18.9 Å². The Morgan fingerprint density at radius 3 is 2.47 bits per heavy atom. The van der Waals surface area contributed by atoms with Crippen LogP contribution in [0.3, 0.4) is 0 Å². The molecule has 1 atom stereocenters. The highest BCUT2D eigenvalue weighted by atomic mass is 32.2. The predicted octanol–water partition coefficient (Wildman–Crippen LogP) is 1.80. The van der Waals surface area contributed by atoms with Gasteiger partial charge in [0.2, 0.25) is 20.0 Å². The van der Waals surface area contributed by atoms with Gasteiger partial charge in [-0.1, -0.05) is 6.07 Å². The maximum absolute atomic E-state index is 13.5. The Balaban J connectivity index is 1.49. The van der Waals surface area contributed by atoms with Crippen molar-refractivity contribution < 1.29 is 30.7 Å². The standard InChI is InChI=1S/C22H28FN3O6S2/c1-31-22-8-7-19(33(27,28)24-16-18-5-3-13-32-18)15-21(22)25-9-11-26(12-10-25)34(29,30)20-6-2-4-17(23)14-20/h2,4,6-8,14-15,18,24H,3,5,9-13,16H2,1H3. The molecule has 1 N–H and O–H groups in total. The largest absolute Gasteiger partial charge is 0.495 e. The summed E-state index contributed by atoms with van der Waals surface area (Å²) in [6.07, 6.45) is 1.61. The zero-order chi connectivity index (χ0) is 24.3. The molecular weight excluding hydrogens is 485 g/mol. The van der Waals surface area contributed by atoms with Gasteiger partial charge in [0.15, 0.2) is 0 Å². The van der Waals surface area contributed by atoms with Crippen LogP contribution in [-0.4, -0.2) is 73.7 Å². The molecule has 0 radical (unpaired) electrons. The molecule has 12 heteroatoms. The molecule has 2 heterocycles. The first-order valence-corrected chi connectivity index (χ1v) is 13.9. The van der Waals surface area contributed by atoms with Crippen molar-refractivity contribution in [2.24, 2.45) is 0 Å². The van der Waals surface area contributed by atoms with Crippen molar-refractivity contribution in [1.29, 1.82) is 0 Å². The van der Waals surface area contributed by atoms with Crippen LogP contribution in [0.15, 0.2) is 52.3 Å². The second kappa shape index (κ2) is 10.2. The van der Waals surface area contributed by atoms with Crippen molar-refractivity contribution in [3.8, 4) is 5.75 Å². The van der Waals surface area contributed by atoms with Gasteiger partial charge in [0.25, 0.3) is 0 Å². The first-order chi connectivity index (χ1) is 16.2. The molecular formula is C22H28FN3O6S2. The summed E-state index contributed by atoms with van der Waals surface area (Å²) in [6, 6.07) is 9.53. The molecule has 0 aromatic heterocycles. The van der Waals surface area contributed by atoms with Crippen molar-refractivity contribution in [2.45, 2.75) is 28.7 Å². The summed E-state index contributed by atoms with van der Waals surface area (Å²) in [7, 11) is -6.10. The average molecular weight is 514 g/mol. The zero-order valence-electron chi connectivity index (χ0n) is 18.8. The first kappa shape index (κ1) is 24.9. The number of hydrogen-bond donors (Lipinski definition) is 1. The molecule has 2 aromatic carbocycles. The fourth-order valence-electron chi connectivity index (χ4n) is 4.12. The van der Waals surface area contributed by atoms with Crippen LogP contribution in [0.2, 0.25) is 0 Å². The lowest BCUT2D eigenvalue weighted by molar-refractivity contribution is 0.114. The number of ether oxygens (including phenoxy) is 2. The van der Waals surface area contributed by atoms with Gasteiger partial charge in [-0.15, -0.1) is 0 Å². The van der Waals surface area contributed by atoms with E-state index in [4.69, 9.17) is 9.47 Å². The monoisotopic (exact) mass is 513 g/mol. The number of rotatable bonds is 8. The Bertz CT molecular complexity index is 1220. The Hall–Kier alpha value is -2.25. The van der Waals surface area contributed by atoms with E-state index >= 15 is 0 Å². The molecule has 2 saturated heterocycles. The van der Waals surface area contributed by atoms with Crippen LogP contribution in [-0.2, 0) is 24.8 Å². The van der Waals surface area contributed by atoms with Crippen molar-refractivity contribution in [2.75, 3.05) is 51.3 Å². The normalized spacial score (nSPS) is 19.9.